The standard InChI is InChI=1S/C15H14N4O4S/c1-10-12(8-16-15(17-10)22-2)14-18-13(19-23-14)9-24(20,21)11-6-4-3-5-7-11/h3-8H,9H2,1-2H3. The number of methoxy groups -OCH3 is 1. The SMILES string of the molecule is COc1ncc(-c2nc(CS(=O)(=O)c3ccccc3)no2)c(C)n1. The molecule has 0 saturated heterocycles. The molecule has 8 nitrogen and oxygen atoms in total. The van der Waals surface area contributed by atoms with Crippen LogP contribution >= 0.6 is 0 Å². The maximum absolute atomic E-state index is 12.3. The maximum Gasteiger partial charge on any atom is 0.316 e. The number of hydrogen-bond acceptors (Lipinski definition) is 8. The molecule has 0 bridgehead atoms. The van der Waals surface area contributed by atoms with Crippen LogP contribution in [0.15, 0.2) is 45.9 Å². The zero-order chi connectivity index (χ0) is 17.2. The highest BCUT2D eigenvalue weighted by Crippen LogP contribution is 2.22. The summed E-state index contributed by atoms with van der Waals surface area (Å²) in [6, 6.07) is 8.34. The normalized spacial score (nSPS) is 11.4. The van der Waals surface area contributed by atoms with Crippen molar-refractivity contribution in [1.82, 2.24) is 20.1 Å². The summed E-state index contributed by atoms with van der Waals surface area (Å²) in [6.07, 6.45) is 1.49. The van der Waals surface area contributed by atoms with Crippen molar-refractivity contribution in [3.63, 3.8) is 0 Å². The van der Waals surface area contributed by atoms with Gasteiger partial charge in [0.1, 0.15) is 5.75 Å². The van der Waals surface area contributed by atoms with E-state index in [4.69, 9.17) is 9.26 Å². The Labute approximate surface area is 138 Å². The Hall–Kier alpha value is -2.81. The van der Waals surface area contributed by atoms with Gasteiger partial charge in [0.15, 0.2) is 15.7 Å². The third-order valence-electron chi connectivity index (χ3n) is 3.26. The number of ether oxygens (including phenoxy) is 1. The highest BCUT2D eigenvalue weighted by Gasteiger charge is 2.20. The van der Waals surface area contributed by atoms with Gasteiger partial charge in [-0.1, -0.05) is 23.4 Å². The van der Waals surface area contributed by atoms with E-state index in [-0.39, 0.29) is 28.4 Å². The molecule has 2 aromatic heterocycles. The second-order valence-electron chi connectivity index (χ2n) is 4.94. The first-order valence-electron chi connectivity index (χ1n) is 6.98. The first-order chi connectivity index (χ1) is 11.5. The number of aromatic nitrogens is 4. The average molecular weight is 346 g/mol. The lowest BCUT2D eigenvalue weighted by molar-refractivity contribution is 0.378. The lowest BCUT2D eigenvalue weighted by Gasteiger charge is -2.01. The highest BCUT2D eigenvalue weighted by atomic mass is 32.2. The molecule has 2 heterocycles. The summed E-state index contributed by atoms with van der Waals surface area (Å²) in [7, 11) is -2.07. The number of aryl methyl sites for hydroxylation is 1. The van der Waals surface area contributed by atoms with Gasteiger partial charge in [0, 0.05) is 6.20 Å². The number of sulfone groups is 1. The lowest BCUT2D eigenvalue weighted by Crippen LogP contribution is -2.06. The van der Waals surface area contributed by atoms with Crippen LogP contribution in [0.2, 0.25) is 0 Å². The minimum absolute atomic E-state index is 0.0732. The molecule has 0 radical (unpaired) electrons. The second kappa shape index (κ2) is 6.36. The molecule has 0 amide bonds. The van der Waals surface area contributed by atoms with Crippen LogP contribution in [0.5, 0.6) is 6.01 Å². The van der Waals surface area contributed by atoms with Crippen molar-refractivity contribution in [2.24, 2.45) is 0 Å². The van der Waals surface area contributed by atoms with Crippen LogP contribution in [0, 0.1) is 6.92 Å². The smallest absolute Gasteiger partial charge is 0.316 e. The molecule has 9 heteroatoms. The zero-order valence-electron chi connectivity index (χ0n) is 13.0. The molecule has 0 N–H and O–H groups in total. The van der Waals surface area contributed by atoms with Crippen LogP contribution in [0.3, 0.4) is 0 Å². The molecule has 0 saturated carbocycles. The van der Waals surface area contributed by atoms with E-state index in [0.717, 1.165) is 0 Å². The Morgan fingerprint density at radius 3 is 2.58 bits per heavy atom. The molecule has 0 aliphatic carbocycles. The molecule has 0 fully saturated rings. The predicted octanol–water partition coefficient (Wildman–Crippen LogP) is 1.82. The summed E-state index contributed by atoms with van der Waals surface area (Å²) in [5.74, 6) is -0.117. The number of hydrogen-bond donors (Lipinski definition) is 0. The first kappa shape index (κ1) is 16.1. The van der Waals surface area contributed by atoms with Gasteiger partial charge in [-0.25, -0.2) is 13.4 Å². The fourth-order valence-corrected chi connectivity index (χ4v) is 3.25. The Morgan fingerprint density at radius 2 is 1.92 bits per heavy atom. The van der Waals surface area contributed by atoms with Crippen molar-refractivity contribution in [3.05, 3.63) is 48.0 Å². The second-order valence-corrected chi connectivity index (χ2v) is 6.93. The predicted molar refractivity (Wildman–Crippen MR) is 83.9 cm³/mol. The molecule has 3 rings (SSSR count). The third kappa shape index (κ3) is 3.25. The summed E-state index contributed by atoms with van der Waals surface area (Å²) >= 11 is 0. The Balaban J connectivity index is 1.86. The van der Waals surface area contributed by atoms with E-state index < -0.39 is 9.84 Å². The van der Waals surface area contributed by atoms with Crippen molar-refractivity contribution in [1.29, 1.82) is 0 Å². The summed E-state index contributed by atoms with van der Waals surface area (Å²) in [5.41, 5.74) is 1.11. The largest absolute Gasteiger partial charge is 0.467 e. The van der Waals surface area contributed by atoms with Gasteiger partial charge in [-0.2, -0.15) is 9.97 Å². The monoisotopic (exact) mass is 346 g/mol. The first-order valence-corrected chi connectivity index (χ1v) is 8.63. The van der Waals surface area contributed by atoms with Crippen LogP contribution in [0.1, 0.15) is 11.5 Å². The van der Waals surface area contributed by atoms with E-state index in [9.17, 15) is 8.42 Å². The minimum atomic E-state index is -3.54. The van der Waals surface area contributed by atoms with E-state index in [1.54, 1.807) is 25.1 Å². The number of rotatable bonds is 5. The van der Waals surface area contributed by atoms with Gasteiger partial charge in [0.2, 0.25) is 0 Å². The molecular formula is C15H14N4O4S. The van der Waals surface area contributed by atoms with E-state index in [0.29, 0.717) is 11.3 Å². The Kier molecular flexibility index (Phi) is 4.26. The van der Waals surface area contributed by atoms with E-state index in [2.05, 4.69) is 20.1 Å². The van der Waals surface area contributed by atoms with Gasteiger partial charge in [0.05, 0.1) is 23.3 Å². The van der Waals surface area contributed by atoms with Crippen molar-refractivity contribution in [3.8, 4) is 17.5 Å². The number of benzene rings is 1. The van der Waals surface area contributed by atoms with Crippen LogP contribution in [0.25, 0.3) is 11.5 Å². The average Bonchev–Trinajstić information content (AvgIpc) is 3.03. The van der Waals surface area contributed by atoms with Crippen LogP contribution < -0.4 is 4.74 Å². The Bertz CT molecular complexity index is 955. The summed E-state index contributed by atoms with van der Waals surface area (Å²) in [4.78, 5) is 12.4. The van der Waals surface area contributed by atoms with Crippen LogP contribution in [0.4, 0.5) is 0 Å². The molecule has 0 unspecified atom stereocenters. The van der Waals surface area contributed by atoms with Gasteiger partial charge in [-0.05, 0) is 19.1 Å². The fraction of sp³-hybridized carbons (Fsp3) is 0.200. The van der Waals surface area contributed by atoms with E-state index in [1.165, 1.54) is 25.4 Å². The van der Waals surface area contributed by atoms with Gasteiger partial charge in [-0.3, -0.25) is 0 Å². The molecule has 24 heavy (non-hydrogen) atoms. The Morgan fingerprint density at radius 1 is 1.17 bits per heavy atom. The van der Waals surface area contributed by atoms with E-state index >= 15 is 0 Å². The molecule has 0 aliphatic heterocycles. The lowest BCUT2D eigenvalue weighted by atomic mass is 10.2. The van der Waals surface area contributed by atoms with Crippen LogP contribution in [-0.2, 0) is 15.6 Å². The molecule has 0 spiro atoms. The molecular weight excluding hydrogens is 332 g/mol. The van der Waals surface area contributed by atoms with E-state index in [1.807, 2.05) is 0 Å². The summed E-state index contributed by atoms with van der Waals surface area (Å²) in [6.45, 7) is 1.74. The highest BCUT2D eigenvalue weighted by molar-refractivity contribution is 7.90. The molecule has 124 valence electrons. The summed E-state index contributed by atoms with van der Waals surface area (Å²) in [5, 5.41) is 3.73. The topological polar surface area (TPSA) is 108 Å². The maximum atomic E-state index is 12.3. The quantitative estimate of drug-likeness (QED) is 0.688. The van der Waals surface area contributed by atoms with Crippen LogP contribution in [-0.4, -0.2) is 35.6 Å². The van der Waals surface area contributed by atoms with Gasteiger partial charge in [-0.15, -0.1) is 0 Å². The molecule has 0 atom stereocenters. The molecule has 0 aliphatic rings. The van der Waals surface area contributed by atoms with Crippen molar-refractivity contribution < 1.29 is 17.7 Å². The van der Waals surface area contributed by atoms with Crippen molar-refractivity contribution >= 4 is 9.84 Å². The summed E-state index contributed by atoms with van der Waals surface area (Å²) < 4.78 is 34.7. The van der Waals surface area contributed by atoms with Gasteiger partial charge < -0.3 is 9.26 Å². The minimum Gasteiger partial charge on any atom is -0.467 e. The fourth-order valence-electron chi connectivity index (χ4n) is 2.06. The number of nitrogens with zero attached hydrogens (tertiary/aromatic N) is 4. The van der Waals surface area contributed by atoms with Crippen molar-refractivity contribution in [2.75, 3.05) is 7.11 Å². The van der Waals surface area contributed by atoms with Gasteiger partial charge >= 0.3 is 6.01 Å². The molecule has 1 aromatic carbocycles. The third-order valence-corrected chi connectivity index (χ3v) is 4.89. The molecule has 3 aromatic rings. The zero-order valence-corrected chi connectivity index (χ0v) is 13.8. The van der Waals surface area contributed by atoms with Gasteiger partial charge in [0.25, 0.3) is 5.89 Å². The van der Waals surface area contributed by atoms with Crippen molar-refractivity contribution in [2.45, 2.75) is 17.6 Å².